The minimum absolute atomic E-state index is 0.00509. The lowest BCUT2D eigenvalue weighted by atomic mass is 9.33. The highest BCUT2D eigenvalue weighted by Gasteiger charge is 2.49. The van der Waals surface area contributed by atoms with Gasteiger partial charge in [0, 0.05) is 55.8 Å². The predicted octanol–water partition coefficient (Wildman–Crippen LogP) is 22.9. The summed E-state index contributed by atoms with van der Waals surface area (Å²) in [5.74, 6) is 0. The van der Waals surface area contributed by atoms with E-state index in [0.717, 1.165) is 128 Å². The van der Waals surface area contributed by atoms with Gasteiger partial charge in [-0.15, -0.1) is 0 Å². The van der Waals surface area contributed by atoms with Gasteiger partial charge in [-0.25, -0.2) is 0 Å². The second kappa shape index (κ2) is 23.0. The number of rotatable bonds is 10. The molecule has 0 N–H and O–H groups in total. The minimum Gasteiger partial charge on any atom is -0.310 e. The second-order valence-corrected chi connectivity index (χ2v) is 27.2. The van der Waals surface area contributed by atoms with Gasteiger partial charge in [-0.1, -0.05) is 330 Å². The number of hydrogen-bond acceptors (Lipinski definition) is 2. The smallest absolute Gasteiger partial charge is 0.252 e. The molecule has 0 fully saturated rings. The summed E-state index contributed by atoms with van der Waals surface area (Å²) in [5.41, 5.74) is 25.5. The molecule has 3 heterocycles. The third-order valence-electron chi connectivity index (χ3n) is 20.8. The Kier molecular flexibility index (Phi) is 11.6. The molecule has 1 aliphatic carbocycles. The molecular formula is C95H68BN3. The molecule has 0 unspecified atom stereocenters. The van der Waals surface area contributed by atoms with Gasteiger partial charge in [-0.3, -0.25) is 0 Å². The fourth-order valence-corrected chi connectivity index (χ4v) is 16.6. The van der Waals surface area contributed by atoms with Crippen molar-refractivity contribution in [1.82, 2.24) is 4.57 Å². The van der Waals surface area contributed by atoms with Gasteiger partial charge in [0.05, 0.1) is 44.5 Å². The molecule has 0 spiro atoms. The first-order valence-corrected chi connectivity index (χ1v) is 34.0. The fraction of sp³-hybridized carbons (Fsp3) is 0.0526. The number of benzene rings is 15. The van der Waals surface area contributed by atoms with E-state index >= 15 is 0 Å². The van der Waals surface area contributed by atoms with Crippen LogP contribution in [0.15, 0.2) is 358 Å². The van der Waals surface area contributed by atoms with E-state index < -0.39 is 48.4 Å². The van der Waals surface area contributed by atoms with E-state index in [2.05, 4.69) is 316 Å². The molecule has 0 atom stereocenters. The molecule has 2 aliphatic heterocycles. The van der Waals surface area contributed by atoms with E-state index in [-0.39, 0.29) is 39.3 Å². The largest absolute Gasteiger partial charge is 0.310 e. The summed E-state index contributed by atoms with van der Waals surface area (Å²) >= 11 is 0. The summed E-state index contributed by atoms with van der Waals surface area (Å²) in [6.07, 6.45) is 0. The molecular weight excluding hydrogens is 1190 g/mol. The van der Waals surface area contributed by atoms with Gasteiger partial charge < -0.3 is 14.4 Å². The minimum atomic E-state index is -0.742. The quantitative estimate of drug-likeness (QED) is 0.126. The first kappa shape index (κ1) is 50.2. The zero-order valence-corrected chi connectivity index (χ0v) is 54.9. The van der Waals surface area contributed by atoms with Gasteiger partial charge in [0.2, 0.25) is 0 Å². The molecule has 99 heavy (non-hydrogen) atoms. The van der Waals surface area contributed by atoms with Crippen molar-refractivity contribution in [3.63, 3.8) is 0 Å². The van der Waals surface area contributed by atoms with Gasteiger partial charge in [0.1, 0.15) is 0 Å². The molecule has 15 aromatic carbocycles. The SMILES string of the molecule is [2H]c1c([2H])c([2H])c2c(c1[2H])c1c([2H])c([2H])c([2H])c([2H])c1n2-c1cc2c3c(c1)N(c1c(-c4ccccc4)cc(C(C)(C)C)cc1-c1ccccc1)c1ccccc1B3c1cc(-c3cccc4c3C(c3ccccc3)(c3ccccc3)c3ccccc3-4)ccc1N2c1c(-c2ccccc2)cccc1-c1ccccc1. The van der Waals surface area contributed by atoms with Crippen LogP contribution in [0.2, 0.25) is 0 Å². The Labute approximate surface area is 590 Å². The van der Waals surface area contributed by atoms with Gasteiger partial charge in [-0.05, 0) is 143 Å². The summed E-state index contributed by atoms with van der Waals surface area (Å²) in [4.78, 5) is 4.85. The van der Waals surface area contributed by atoms with Crippen molar-refractivity contribution < 1.29 is 11.0 Å². The average Bonchev–Trinajstić information content (AvgIpc) is 1.65. The highest BCUT2D eigenvalue weighted by Crippen LogP contribution is 2.60. The summed E-state index contributed by atoms with van der Waals surface area (Å²) in [6, 6.07) is 107. The van der Waals surface area contributed by atoms with Crippen molar-refractivity contribution in [2.24, 2.45) is 0 Å². The summed E-state index contributed by atoms with van der Waals surface area (Å²) in [7, 11) is 0. The number of fused-ring (bicyclic) bond motifs is 10. The van der Waals surface area contributed by atoms with Crippen LogP contribution < -0.4 is 26.2 Å². The first-order chi connectivity index (χ1) is 52.1. The molecule has 19 rings (SSSR count). The molecule has 0 radical (unpaired) electrons. The lowest BCUT2D eigenvalue weighted by molar-refractivity contribution is 0.591. The van der Waals surface area contributed by atoms with E-state index in [4.69, 9.17) is 0 Å². The Morgan fingerprint density at radius 1 is 0.333 bits per heavy atom. The van der Waals surface area contributed by atoms with E-state index in [1.165, 1.54) is 16.7 Å². The van der Waals surface area contributed by atoms with Crippen molar-refractivity contribution in [1.29, 1.82) is 0 Å². The number of para-hydroxylation sites is 4. The standard InChI is InChI=1S/C95H68BN3/c1-94(2,3)70-59-79(65-36-14-6-15-37-65)93(80(60-70)66-38-16-7-17-39-66)98-86-55-29-26-52-82(86)96-83-58-67(72-47-30-50-78-75-44-22-25-51-81(75)95(90(72)78,68-40-18-8-19-41-68)69-42-20-9-21-43-69)56-57-87(83)99(92-73(63-32-10-4-11-33-63)48-31-49-74(92)64-34-12-5-13-35-64)89-62-71(61-88(98)91(89)96)97-84-53-27-23-45-76(84)77-46-24-28-54-85(77)97/h4-62H,1-3H3/i23D,24D,27D,28D,45D,46D,53D,54D. The van der Waals surface area contributed by atoms with Crippen molar-refractivity contribution in [2.45, 2.75) is 31.6 Å². The van der Waals surface area contributed by atoms with Crippen LogP contribution in [0.1, 0.15) is 59.6 Å². The Morgan fingerprint density at radius 2 is 0.758 bits per heavy atom. The van der Waals surface area contributed by atoms with Crippen LogP contribution in [0.25, 0.3) is 94.3 Å². The molecule has 0 saturated carbocycles. The van der Waals surface area contributed by atoms with Gasteiger partial charge in [-0.2, -0.15) is 0 Å². The molecule has 0 bridgehead atoms. The lowest BCUT2D eigenvalue weighted by Crippen LogP contribution is -2.61. The van der Waals surface area contributed by atoms with Gasteiger partial charge >= 0.3 is 0 Å². The molecule has 4 heteroatoms. The molecule has 0 saturated heterocycles. The Hall–Kier alpha value is -12.2. The molecule has 3 aliphatic rings. The highest BCUT2D eigenvalue weighted by molar-refractivity contribution is 7.00. The third kappa shape index (κ3) is 8.99. The molecule has 1 aromatic heterocycles. The number of hydrogen-bond donors (Lipinski definition) is 0. The number of aromatic nitrogens is 1. The topological polar surface area (TPSA) is 11.4 Å². The van der Waals surface area contributed by atoms with Crippen molar-refractivity contribution in [3.8, 4) is 72.4 Å². The van der Waals surface area contributed by atoms with Crippen LogP contribution in [0.5, 0.6) is 0 Å². The van der Waals surface area contributed by atoms with Crippen LogP contribution in [0.3, 0.4) is 0 Å². The third-order valence-corrected chi connectivity index (χ3v) is 20.8. The summed E-state index contributed by atoms with van der Waals surface area (Å²) in [6.45, 7) is 6.25. The Bertz CT molecular complexity index is 6110. The highest BCUT2D eigenvalue weighted by atomic mass is 15.2. The maximum absolute atomic E-state index is 10.1. The molecule has 466 valence electrons. The monoisotopic (exact) mass is 1270 g/mol. The second-order valence-electron chi connectivity index (χ2n) is 27.2. The van der Waals surface area contributed by atoms with Crippen LogP contribution >= 0.6 is 0 Å². The fourth-order valence-electron chi connectivity index (χ4n) is 16.6. The van der Waals surface area contributed by atoms with Crippen molar-refractivity contribution in [2.75, 3.05) is 9.80 Å². The van der Waals surface area contributed by atoms with Gasteiger partial charge in [0.25, 0.3) is 6.71 Å². The molecule has 0 amide bonds. The zero-order chi connectivity index (χ0) is 72.9. The van der Waals surface area contributed by atoms with Crippen molar-refractivity contribution >= 4 is 79.0 Å². The maximum Gasteiger partial charge on any atom is 0.252 e. The van der Waals surface area contributed by atoms with E-state index in [9.17, 15) is 11.0 Å². The summed E-state index contributed by atoms with van der Waals surface area (Å²) in [5, 5.41) is -0.0102. The Morgan fingerprint density at radius 3 is 1.29 bits per heavy atom. The lowest BCUT2D eigenvalue weighted by Gasteiger charge is -2.46. The van der Waals surface area contributed by atoms with E-state index in [0.29, 0.717) is 5.69 Å². The predicted molar refractivity (Wildman–Crippen MR) is 418 cm³/mol. The number of nitrogens with zero attached hydrogens (tertiary/aromatic N) is 3. The zero-order valence-electron chi connectivity index (χ0n) is 62.9. The van der Waals surface area contributed by atoms with E-state index in [1.807, 2.05) is 24.3 Å². The van der Waals surface area contributed by atoms with Crippen molar-refractivity contribution in [3.05, 3.63) is 386 Å². The first-order valence-electron chi connectivity index (χ1n) is 38.0. The number of anilines is 6. The molecule has 16 aromatic rings. The average molecular weight is 1270 g/mol. The summed E-state index contributed by atoms with van der Waals surface area (Å²) < 4.78 is 78.7. The van der Waals surface area contributed by atoms with Gasteiger partial charge in [0.15, 0.2) is 0 Å². The van der Waals surface area contributed by atoms with Crippen LogP contribution in [-0.2, 0) is 10.8 Å². The van der Waals surface area contributed by atoms with E-state index in [1.54, 1.807) is 4.57 Å². The Balaban J connectivity index is 1.02. The normalized spacial score (nSPS) is 14.4. The van der Waals surface area contributed by atoms with Crippen LogP contribution in [-0.4, -0.2) is 11.3 Å². The van der Waals surface area contributed by atoms with Crippen LogP contribution in [0.4, 0.5) is 34.1 Å². The maximum atomic E-state index is 10.1. The van der Waals surface area contributed by atoms with Crippen LogP contribution in [0, 0.1) is 0 Å². The molecule has 3 nitrogen and oxygen atoms in total.